The zero-order chi connectivity index (χ0) is 17.0. The van der Waals surface area contributed by atoms with Gasteiger partial charge in [0.05, 0.1) is 5.92 Å². The molecule has 1 aliphatic rings. The molecule has 2 amide bonds. The highest BCUT2D eigenvalue weighted by Crippen LogP contribution is 2.16. The first kappa shape index (κ1) is 17.4. The highest BCUT2D eigenvalue weighted by Gasteiger charge is 2.30. The number of rotatable bonds is 3. The summed E-state index contributed by atoms with van der Waals surface area (Å²) < 4.78 is 13.9. The van der Waals surface area contributed by atoms with Crippen molar-refractivity contribution in [3.05, 3.63) is 35.6 Å². The first-order valence-electron chi connectivity index (χ1n) is 7.81. The molecule has 126 valence electrons. The molecular weight excluding hydrogens is 297 g/mol. The topological polar surface area (TPSA) is 43.9 Å². The van der Waals surface area contributed by atoms with E-state index in [2.05, 4.69) is 0 Å². The van der Waals surface area contributed by atoms with Gasteiger partial charge in [0, 0.05) is 59.3 Å². The average molecular weight is 321 g/mol. The Morgan fingerprint density at radius 3 is 2.52 bits per heavy atom. The lowest BCUT2D eigenvalue weighted by atomic mass is 10.1. The van der Waals surface area contributed by atoms with Crippen molar-refractivity contribution >= 4 is 11.8 Å². The van der Waals surface area contributed by atoms with Crippen LogP contribution in [0, 0.1) is 11.7 Å². The van der Waals surface area contributed by atoms with Gasteiger partial charge in [-0.25, -0.2) is 4.39 Å². The molecule has 1 aromatic carbocycles. The Hall–Kier alpha value is -1.95. The fraction of sp³-hybridized carbons (Fsp3) is 0.529. The maximum atomic E-state index is 13.9. The summed E-state index contributed by atoms with van der Waals surface area (Å²) in [5.41, 5.74) is 0.611. The Kier molecular flexibility index (Phi) is 5.71. The zero-order valence-electron chi connectivity index (χ0n) is 14.0. The van der Waals surface area contributed by atoms with E-state index in [1.807, 2.05) is 4.90 Å². The normalized spacial score (nSPS) is 19.3. The molecule has 2 rings (SSSR count). The zero-order valence-corrected chi connectivity index (χ0v) is 14.0. The van der Waals surface area contributed by atoms with Crippen LogP contribution in [0.4, 0.5) is 4.39 Å². The largest absolute Gasteiger partial charge is 0.348 e. The van der Waals surface area contributed by atoms with Crippen LogP contribution in [0.2, 0.25) is 0 Å². The molecule has 0 N–H and O–H groups in total. The van der Waals surface area contributed by atoms with Crippen molar-refractivity contribution in [2.75, 3.05) is 40.3 Å². The minimum Gasteiger partial charge on any atom is -0.348 e. The highest BCUT2D eigenvalue weighted by molar-refractivity contribution is 5.80. The first-order valence-corrected chi connectivity index (χ1v) is 7.81. The third-order valence-electron chi connectivity index (χ3n) is 4.19. The summed E-state index contributed by atoms with van der Waals surface area (Å²) >= 11 is 0. The molecule has 1 saturated heterocycles. The molecule has 1 aromatic rings. The van der Waals surface area contributed by atoms with Gasteiger partial charge in [-0.2, -0.15) is 0 Å². The maximum absolute atomic E-state index is 13.9. The molecule has 0 saturated carbocycles. The predicted molar refractivity (Wildman–Crippen MR) is 86.1 cm³/mol. The van der Waals surface area contributed by atoms with Gasteiger partial charge in [0.15, 0.2) is 0 Å². The van der Waals surface area contributed by atoms with E-state index in [0.29, 0.717) is 38.3 Å². The molecule has 0 aliphatic carbocycles. The van der Waals surface area contributed by atoms with Crippen LogP contribution >= 0.6 is 0 Å². The van der Waals surface area contributed by atoms with Gasteiger partial charge in [-0.3, -0.25) is 14.5 Å². The second-order valence-corrected chi connectivity index (χ2v) is 6.22. The number of hydrogen-bond donors (Lipinski definition) is 0. The molecule has 0 bridgehead atoms. The molecule has 0 spiro atoms. The third-order valence-corrected chi connectivity index (χ3v) is 4.19. The highest BCUT2D eigenvalue weighted by atomic mass is 19.1. The van der Waals surface area contributed by atoms with Crippen molar-refractivity contribution in [1.82, 2.24) is 14.7 Å². The Labute approximate surface area is 136 Å². The standard InChI is InChI=1S/C17H24FN3O2/c1-13(22)21-9-8-20(10-14-6-4-5-7-16(14)18)11-15(12-21)17(23)19(2)3/h4-7,15H,8-12H2,1-3H3/t15-/m0/s1. The van der Waals surface area contributed by atoms with Crippen molar-refractivity contribution in [2.24, 2.45) is 5.92 Å². The summed E-state index contributed by atoms with van der Waals surface area (Å²) in [5.74, 6) is -0.565. The molecule has 0 unspecified atom stereocenters. The second-order valence-electron chi connectivity index (χ2n) is 6.22. The molecule has 1 aliphatic heterocycles. The van der Waals surface area contributed by atoms with Crippen molar-refractivity contribution in [2.45, 2.75) is 13.5 Å². The fourth-order valence-electron chi connectivity index (χ4n) is 2.90. The minimum absolute atomic E-state index is 0.00307. The summed E-state index contributed by atoms with van der Waals surface area (Å²) in [6.07, 6.45) is 0. The lowest BCUT2D eigenvalue weighted by Gasteiger charge is -2.25. The lowest BCUT2D eigenvalue weighted by Crippen LogP contribution is -2.41. The summed E-state index contributed by atoms with van der Waals surface area (Å²) in [6.45, 7) is 4.08. The molecule has 0 aromatic heterocycles. The number of halogens is 1. The quantitative estimate of drug-likeness (QED) is 0.840. The van der Waals surface area contributed by atoms with Gasteiger partial charge in [0.1, 0.15) is 5.82 Å². The summed E-state index contributed by atoms with van der Waals surface area (Å²) in [6, 6.07) is 6.67. The molecule has 1 atom stereocenters. The smallest absolute Gasteiger partial charge is 0.228 e. The van der Waals surface area contributed by atoms with Crippen molar-refractivity contribution in [3.63, 3.8) is 0 Å². The molecule has 5 nitrogen and oxygen atoms in total. The Bertz CT molecular complexity index is 577. The Morgan fingerprint density at radius 1 is 1.22 bits per heavy atom. The number of carbonyl (C=O) groups is 2. The number of nitrogens with zero attached hydrogens (tertiary/aromatic N) is 3. The van der Waals surface area contributed by atoms with Crippen LogP contribution < -0.4 is 0 Å². The van der Waals surface area contributed by atoms with Crippen LogP contribution in [0.3, 0.4) is 0 Å². The monoisotopic (exact) mass is 321 g/mol. The van der Waals surface area contributed by atoms with Gasteiger partial charge >= 0.3 is 0 Å². The van der Waals surface area contributed by atoms with E-state index in [0.717, 1.165) is 0 Å². The van der Waals surface area contributed by atoms with Crippen LogP contribution in [0.5, 0.6) is 0 Å². The van der Waals surface area contributed by atoms with Gasteiger partial charge in [-0.05, 0) is 6.07 Å². The van der Waals surface area contributed by atoms with Gasteiger partial charge in [0.2, 0.25) is 11.8 Å². The van der Waals surface area contributed by atoms with E-state index in [9.17, 15) is 14.0 Å². The summed E-state index contributed by atoms with van der Waals surface area (Å²) in [5, 5.41) is 0. The van der Waals surface area contributed by atoms with E-state index < -0.39 is 0 Å². The summed E-state index contributed by atoms with van der Waals surface area (Å²) in [7, 11) is 3.43. The van der Waals surface area contributed by atoms with Crippen molar-refractivity contribution < 1.29 is 14.0 Å². The van der Waals surface area contributed by atoms with E-state index in [1.54, 1.807) is 42.1 Å². The molecule has 0 radical (unpaired) electrons. The predicted octanol–water partition coefficient (Wildman–Crippen LogP) is 1.19. The SMILES string of the molecule is CC(=O)N1CCN(Cc2ccccc2F)C[C@H](C(=O)N(C)C)C1. The number of amides is 2. The van der Waals surface area contributed by atoms with Gasteiger partial charge in [-0.1, -0.05) is 18.2 Å². The van der Waals surface area contributed by atoms with Crippen LogP contribution in [0.1, 0.15) is 12.5 Å². The van der Waals surface area contributed by atoms with Crippen LogP contribution in [-0.2, 0) is 16.1 Å². The van der Waals surface area contributed by atoms with E-state index in [1.165, 1.54) is 13.0 Å². The van der Waals surface area contributed by atoms with E-state index >= 15 is 0 Å². The fourth-order valence-corrected chi connectivity index (χ4v) is 2.90. The molecule has 1 fully saturated rings. The van der Waals surface area contributed by atoms with Crippen LogP contribution in [0.25, 0.3) is 0 Å². The number of benzene rings is 1. The van der Waals surface area contributed by atoms with Gasteiger partial charge in [-0.15, -0.1) is 0 Å². The summed E-state index contributed by atoms with van der Waals surface area (Å²) in [4.78, 5) is 29.4. The third kappa shape index (κ3) is 4.51. The maximum Gasteiger partial charge on any atom is 0.228 e. The minimum atomic E-state index is -0.289. The van der Waals surface area contributed by atoms with Crippen LogP contribution in [0.15, 0.2) is 24.3 Å². The first-order chi connectivity index (χ1) is 10.9. The molecule has 23 heavy (non-hydrogen) atoms. The number of carbonyl (C=O) groups excluding carboxylic acids is 2. The average Bonchev–Trinajstić information content (AvgIpc) is 2.71. The molecule has 1 heterocycles. The van der Waals surface area contributed by atoms with Crippen molar-refractivity contribution in [1.29, 1.82) is 0 Å². The second kappa shape index (κ2) is 7.55. The van der Waals surface area contributed by atoms with Crippen molar-refractivity contribution in [3.8, 4) is 0 Å². The Morgan fingerprint density at radius 2 is 1.91 bits per heavy atom. The van der Waals surface area contributed by atoms with Gasteiger partial charge < -0.3 is 9.80 Å². The lowest BCUT2D eigenvalue weighted by molar-refractivity contribution is -0.135. The molecular formula is C17H24FN3O2. The molecule has 6 heteroatoms. The van der Waals surface area contributed by atoms with Crippen LogP contribution in [-0.4, -0.2) is 66.8 Å². The number of hydrogen-bond acceptors (Lipinski definition) is 3. The van der Waals surface area contributed by atoms with E-state index in [4.69, 9.17) is 0 Å². The van der Waals surface area contributed by atoms with E-state index in [-0.39, 0.29) is 23.5 Å². The Balaban J connectivity index is 2.15. The van der Waals surface area contributed by atoms with Gasteiger partial charge in [0.25, 0.3) is 0 Å².